The van der Waals surface area contributed by atoms with Crippen molar-refractivity contribution in [1.29, 1.82) is 0 Å². The van der Waals surface area contributed by atoms with E-state index in [0.717, 1.165) is 18.0 Å². The van der Waals surface area contributed by atoms with E-state index in [1.165, 1.54) is 17.0 Å². The van der Waals surface area contributed by atoms with Gasteiger partial charge >= 0.3 is 0 Å². The van der Waals surface area contributed by atoms with Gasteiger partial charge in [-0.2, -0.15) is 0 Å². The summed E-state index contributed by atoms with van der Waals surface area (Å²) >= 11 is 1.77. The Balaban J connectivity index is 2.62. The molecule has 0 aliphatic heterocycles. The maximum absolute atomic E-state index is 5.25. The summed E-state index contributed by atoms with van der Waals surface area (Å²) < 4.78 is 5.25. The smallest absolute Gasteiger partial charge is 0.0900 e. The molecule has 3 nitrogen and oxygen atoms in total. The molecule has 0 aromatic carbocycles. The van der Waals surface area contributed by atoms with E-state index >= 15 is 0 Å². The summed E-state index contributed by atoms with van der Waals surface area (Å²) in [5.74, 6) is 0. The monoisotopic (exact) mass is 256 g/mol. The molecule has 0 aliphatic rings. The minimum atomic E-state index is 0.298. The molecule has 0 radical (unpaired) electrons. The average molecular weight is 256 g/mol. The molecule has 2 atom stereocenters. The van der Waals surface area contributed by atoms with E-state index < -0.39 is 0 Å². The first kappa shape index (κ1) is 14.6. The summed E-state index contributed by atoms with van der Waals surface area (Å²) in [5.41, 5.74) is 1.18. The van der Waals surface area contributed by atoms with E-state index in [-0.39, 0.29) is 0 Å². The third kappa shape index (κ3) is 4.37. The number of aromatic nitrogens is 1. The van der Waals surface area contributed by atoms with Crippen molar-refractivity contribution in [3.05, 3.63) is 15.6 Å². The van der Waals surface area contributed by atoms with Gasteiger partial charge in [0.2, 0.25) is 0 Å². The van der Waals surface area contributed by atoms with Crippen molar-refractivity contribution in [3.63, 3.8) is 0 Å². The molecule has 17 heavy (non-hydrogen) atoms. The van der Waals surface area contributed by atoms with Crippen molar-refractivity contribution in [2.24, 2.45) is 0 Å². The topological polar surface area (TPSA) is 34.1 Å². The molecule has 1 N–H and O–H groups in total. The van der Waals surface area contributed by atoms with Gasteiger partial charge in [0.1, 0.15) is 0 Å². The van der Waals surface area contributed by atoms with Gasteiger partial charge < -0.3 is 10.1 Å². The quantitative estimate of drug-likeness (QED) is 0.813. The second-order valence-electron chi connectivity index (χ2n) is 4.50. The van der Waals surface area contributed by atoms with Crippen LogP contribution < -0.4 is 5.32 Å². The van der Waals surface area contributed by atoms with Gasteiger partial charge in [0, 0.05) is 24.1 Å². The molecule has 1 rings (SSSR count). The van der Waals surface area contributed by atoms with Crippen LogP contribution in [0.25, 0.3) is 0 Å². The highest BCUT2D eigenvalue weighted by molar-refractivity contribution is 7.11. The van der Waals surface area contributed by atoms with E-state index in [9.17, 15) is 0 Å². The van der Waals surface area contributed by atoms with Crippen LogP contribution in [0.3, 0.4) is 0 Å². The second-order valence-corrected chi connectivity index (χ2v) is 5.91. The molecule has 98 valence electrons. The van der Waals surface area contributed by atoms with Crippen molar-refractivity contribution in [3.8, 4) is 0 Å². The highest BCUT2D eigenvalue weighted by Gasteiger charge is 2.16. The number of nitrogens with zero attached hydrogens (tertiary/aromatic N) is 1. The number of rotatable bonds is 7. The summed E-state index contributed by atoms with van der Waals surface area (Å²) in [6.07, 6.45) is 2.31. The molecule has 0 bridgehead atoms. The fraction of sp³-hybridized carbons (Fsp3) is 0.769. The lowest BCUT2D eigenvalue weighted by Crippen LogP contribution is -2.35. The Hall–Kier alpha value is -0.450. The predicted octanol–water partition coefficient (Wildman–Crippen LogP) is 3.23. The minimum Gasteiger partial charge on any atom is -0.383 e. The Morgan fingerprint density at radius 2 is 2.12 bits per heavy atom. The number of methoxy groups -OCH3 is 1. The number of hydrogen-bond donors (Lipinski definition) is 1. The first-order chi connectivity index (χ1) is 8.08. The lowest BCUT2D eigenvalue weighted by molar-refractivity contribution is 0.156. The fourth-order valence-corrected chi connectivity index (χ4v) is 3.06. The third-order valence-electron chi connectivity index (χ3n) is 2.84. The number of nitrogens with one attached hydrogen (secondary N) is 1. The molecule has 0 fully saturated rings. The molecular weight excluding hydrogens is 232 g/mol. The lowest BCUT2D eigenvalue weighted by Gasteiger charge is -2.22. The molecule has 0 saturated heterocycles. The molecule has 1 aromatic rings. The highest BCUT2D eigenvalue weighted by atomic mass is 32.1. The van der Waals surface area contributed by atoms with Gasteiger partial charge in [-0.3, -0.25) is 0 Å². The molecule has 0 spiro atoms. The van der Waals surface area contributed by atoms with Crippen molar-refractivity contribution in [2.75, 3.05) is 13.7 Å². The molecule has 4 heteroatoms. The highest BCUT2D eigenvalue weighted by Crippen LogP contribution is 2.23. The van der Waals surface area contributed by atoms with Crippen molar-refractivity contribution in [2.45, 2.75) is 52.6 Å². The van der Waals surface area contributed by atoms with Crippen LogP contribution >= 0.6 is 11.3 Å². The summed E-state index contributed by atoms with van der Waals surface area (Å²) in [4.78, 5) is 5.91. The maximum Gasteiger partial charge on any atom is 0.0900 e. The number of aryl methyl sites for hydroxylation is 2. The van der Waals surface area contributed by atoms with Gasteiger partial charge in [-0.05, 0) is 27.2 Å². The zero-order chi connectivity index (χ0) is 12.8. The number of thiazole rings is 1. The maximum atomic E-state index is 5.25. The molecule has 1 heterocycles. The van der Waals surface area contributed by atoms with Crippen LogP contribution in [0.15, 0.2) is 0 Å². The van der Waals surface area contributed by atoms with Gasteiger partial charge in [0.15, 0.2) is 0 Å². The van der Waals surface area contributed by atoms with Gasteiger partial charge in [-0.1, -0.05) is 13.3 Å². The summed E-state index contributed by atoms with van der Waals surface area (Å²) in [7, 11) is 1.76. The Kier molecular flexibility index (Phi) is 6.09. The predicted molar refractivity (Wildman–Crippen MR) is 73.7 cm³/mol. The van der Waals surface area contributed by atoms with Gasteiger partial charge in [0.25, 0.3) is 0 Å². The van der Waals surface area contributed by atoms with Crippen LogP contribution in [0, 0.1) is 13.8 Å². The minimum absolute atomic E-state index is 0.298. The summed E-state index contributed by atoms with van der Waals surface area (Å²) in [6.45, 7) is 9.35. The van der Waals surface area contributed by atoms with E-state index in [0.29, 0.717) is 12.1 Å². The fourth-order valence-electron chi connectivity index (χ4n) is 2.14. The van der Waals surface area contributed by atoms with Crippen molar-refractivity contribution < 1.29 is 4.74 Å². The number of hydrogen-bond acceptors (Lipinski definition) is 4. The third-order valence-corrected chi connectivity index (χ3v) is 3.74. The van der Waals surface area contributed by atoms with Gasteiger partial charge in [0.05, 0.1) is 17.3 Å². The molecular formula is C13H24N2OS. The van der Waals surface area contributed by atoms with Crippen molar-refractivity contribution in [1.82, 2.24) is 10.3 Å². The Morgan fingerprint density at radius 1 is 1.41 bits per heavy atom. The molecule has 0 saturated carbocycles. The summed E-state index contributed by atoms with van der Waals surface area (Å²) in [5, 5.41) is 4.75. The lowest BCUT2D eigenvalue weighted by atomic mass is 10.1. The normalized spacial score (nSPS) is 14.9. The zero-order valence-electron chi connectivity index (χ0n) is 11.5. The van der Waals surface area contributed by atoms with Crippen LogP contribution in [0.1, 0.15) is 48.3 Å². The molecule has 2 unspecified atom stereocenters. The van der Waals surface area contributed by atoms with Crippen molar-refractivity contribution >= 4 is 11.3 Å². The Morgan fingerprint density at radius 3 is 2.59 bits per heavy atom. The van der Waals surface area contributed by atoms with Crippen LogP contribution in [0.4, 0.5) is 0 Å². The van der Waals surface area contributed by atoms with E-state index in [1.54, 1.807) is 18.4 Å². The SMILES string of the molecule is CCCC(COC)NC(C)c1nc(C)sc1C. The van der Waals surface area contributed by atoms with Crippen LogP contribution in [0.2, 0.25) is 0 Å². The Bertz CT molecular complexity index is 332. The van der Waals surface area contributed by atoms with Gasteiger partial charge in [-0.25, -0.2) is 4.98 Å². The first-order valence-corrected chi connectivity index (χ1v) is 7.09. The largest absolute Gasteiger partial charge is 0.383 e. The van der Waals surface area contributed by atoms with Gasteiger partial charge in [-0.15, -0.1) is 11.3 Å². The number of ether oxygens (including phenoxy) is 1. The van der Waals surface area contributed by atoms with Crippen LogP contribution in [-0.2, 0) is 4.74 Å². The molecule has 0 aliphatic carbocycles. The first-order valence-electron chi connectivity index (χ1n) is 6.27. The van der Waals surface area contributed by atoms with Crippen LogP contribution in [-0.4, -0.2) is 24.7 Å². The average Bonchev–Trinajstić information content (AvgIpc) is 2.58. The second kappa shape index (κ2) is 7.09. The van der Waals surface area contributed by atoms with E-state index in [2.05, 4.69) is 38.0 Å². The molecule has 1 aromatic heterocycles. The Labute approximate surface area is 109 Å². The van der Waals surface area contributed by atoms with E-state index in [4.69, 9.17) is 4.74 Å². The summed E-state index contributed by atoms with van der Waals surface area (Å²) in [6, 6.07) is 0.716. The zero-order valence-corrected chi connectivity index (χ0v) is 12.4. The van der Waals surface area contributed by atoms with Crippen LogP contribution in [0.5, 0.6) is 0 Å². The van der Waals surface area contributed by atoms with E-state index in [1.807, 2.05) is 0 Å². The standard InChI is InChI=1S/C13H24N2OS/c1-6-7-12(8-16-5)14-9(2)13-10(3)17-11(4)15-13/h9,12,14H,6-8H2,1-5H3. The molecule has 0 amide bonds.